The molecule has 4 nitrogen and oxygen atoms in total. The number of imide groups is 1. The van der Waals surface area contributed by atoms with E-state index < -0.39 is 0 Å². The fraction of sp³-hybridized carbons (Fsp3) is 0.357. The van der Waals surface area contributed by atoms with Crippen molar-refractivity contribution >= 4 is 29.0 Å². The number of aryl methyl sites for hydroxylation is 1. The van der Waals surface area contributed by atoms with E-state index in [0.29, 0.717) is 29.0 Å². The molecule has 1 aromatic rings. The van der Waals surface area contributed by atoms with Crippen molar-refractivity contribution in [1.82, 2.24) is 4.90 Å². The molecule has 2 N–H and O–H groups in total. The van der Waals surface area contributed by atoms with Gasteiger partial charge in [0.05, 0.1) is 16.1 Å². The number of hydrogen-bond donors (Lipinski definition) is 1. The molecule has 0 fully saturated rings. The van der Waals surface area contributed by atoms with Crippen LogP contribution in [0, 0.1) is 6.92 Å². The smallest absolute Gasteiger partial charge is 0.261 e. The predicted octanol–water partition coefficient (Wildman–Crippen LogP) is 2.05. The minimum absolute atomic E-state index is 0.244. The Labute approximate surface area is 117 Å². The lowest BCUT2D eigenvalue weighted by Crippen LogP contribution is -2.41. The lowest BCUT2D eigenvalue weighted by molar-refractivity contribution is 0.0585. The molecule has 1 aliphatic rings. The second-order valence-corrected chi connectivity index (χ2v) is 5.29. The van der Waals surface area contributed by atoms with Gasteiger partial charge in [0, 0.05) is 12.5 Å². The Kier molecular flexibility index (Phi) is 3.66. The van der Waals surface area contributed by atoms with E-state index in [-0.39, 0.29) is 17.9 Å². The molecule has 1 unspecified atom stereocenters. The molecule has 0 radical (unpaired) electrons. The molecule has 0 saturated carbocycles. The van der Waals surface area contributed by atoms with Gasteiger partial charge in [0.2, 0.25) is 0 Å². The first kappa shape index (κ1) is 13.7. The summed E-state index contributed by atoms with van der Waals surface area (Å²) in [5.41, 5.74) is 7.45. The van der Waals surface area contributed by atoms with Gasteiger partial charge >= 0.3 is 0 Å². The van der Waals surface area contributed by atoms with Crippen LogP contribution >= 0.6 is 12.2 Å². The lowest BCUT2D eigenvalue weighted by atomic mass is 10.1. The Morgan fingerprint density at radius 1 is 1.32 bits per heavy atom. The van der Waals surface area contributed by atoms with Crippen LogP contribution in [0.15, 0.2) is 18.2 Å². The van der Waals surface area contributed by atoms with Gasteiger partial charge in [0.15, 0.2) is 0 Å². The normalized spacial score (nSPS) is 15.6. The first-order valence-corrected chi connectivity index (χ1v) is 6.63. The van der Waals surface area contributed by atoms with Gasteiger partial charge in [-0.05, 0) is 25.5 Å². The SMILES string of the molecule is CCC(CC(N)=S)N1C(=O)c2ccc(C)cc2C1=O. The van der Waals surface area contributed by atoms with Crippen LogP contribution in [-0.2, 0) is 0 Å². The number of amides is 2. The number of carbonyl (C=O) groups is 2. The average Bonchev–Trinajstić information content (AvgIpc) is 2.59. The number of nitrogens with zero attached hydrogens (tertiary/aromatic N) is 1. The van der Waals surface area contributed by atoms with E-state index in [1.807, 2.05) is 19.9 Å². The average molecular weight is 276 g/mol. The van der Waals surface area contributed by atoms with Crippen molar-refractivity contribution in [3.05, 3.63) is 34.9 Å². The van der Waals surface area contributed by atoms with Crippen LogP contribution in [0.1, 0.15) is 46.0 Å². The summed E-state index contributed by atoms with van der Waals surface area (Å²) < 4.78 is 0. The maximum atomic E-state index is 12.4. The summed E-state index contributed by atoms with van der Waals surface area (Å²) in [5.74, 6) is -0.491. The van der Waals surface area contributed by atoms with E-state index in [1.165, 1.54) is 4.90 Å². The molecule has 0 spiro atoms. The van der Waals surface area contributed by atoms with Crippen molar-refractivity contribution in [2.75, 3.05) is 0 Å². The second kappa shape index (κ2) is 5.09. The van der Waals surface area contributed by atoms with Crippen LogP contribution in [0.5, 0.6) is 0 Å². The van der Waals surface area contributed by atoms with Gasteiger partial charge < -0.3 is 5.73 Å². The third-order valence-electron chi connectivity index (χ3n) is 3.35. The van der Waals surface area contributed by atoms with E-state index in [0.717, 1.165) is 5.56 Å². The third kappa shape index (κ3) is 2.38. The highest BCUT2D eigenvalue weighted by molar-refractivity contribution is 7.80. The van der Waals surface area contributed by atoms with Crippen LogP contribution < -0.4 is 5.73 Å². The topological polar surface area (TPSA) is 63.4 Å². The van der Waals surface area contributed by atoms with Gasteiger partial charge in [-0.2, -0.15) is 0 Å². The summed E-state index contributed by atoms with van der Waals surface area (Å²) in [6, 6.07) is 5.04. The number of nitrogens with two attached hydrogens (primary N) is 1. The highest BCUT2D eigenvalue weighted by atomic mass is 32.1. The summed E-state index contributed by atoms with van der Waals surface area (Å²) in [7, 11) is 0. The molecule has 0 aliphatic carbocycles. The van der Waals surface area contributed by atoms with Crippen LogP contribution in [0.25, 0.3) is 0 Å². The molecule has 0 aromatic heterocycles. The zero-order valence-electron chi connectivity index (χ0n) is 11.0. The molecule has 5 heteroatoms. The first-order valence-electron chi connectivity index (χ1n) is 6.22. The highest BCUT2D eigenvalue weighted by Gasteiger charge is 2.39. The molecule has 19 heavy (non-hydrogen) atoms. The Morgan fingerprint density at radius 2 is 1.95 bits per heavy atom. The van der Waals surface area contributed by atoms with Crippen molar-refractivity contribution in [3.8, 4) is 0 Å². The summed E-state index contributed by atoms with van der Waals surface area (Å²) in [4.78, 5) is 26.3. The second-order valence-electron chi connectivity index (χ2n) is 4.76. The molecule has 1 aliphatic heterocycles. The van der Waals surface area contributed by atoms with Gasteiger partial charge in [0.25, 0.3) is 11.8 Å². The molecular formula is C14H16N2O2S. The summed E-state index contributed by atoms with van der Waals surface area (Å²) in [6.07, 6.45) is 1.01. The van der Waals surface area contributed by atoms with Crippen molar-refractivity contribution in [2.24, 2.45) is 5.73 Å². The number of hydrogen-bond acceptors (Lipinski definition) is 3. The number of thiocarbonyl (C=S) groups is 1. The van der Waals surface area contributed by atoms with Gasteiger partial charge in [0.1, 0.15) is 0 Å². The van der Waals surface area contributed by atoms with Crippen molar-refractivity contribution in [3.63, 3.8) is 0 Å². The summed E-state index contributed by atoms with van der Waals surface area (Å²) >= 11 is 4.89. The van der Waals surface area contributed by atoms with E-state index in [9.17, 15) is 9.59 Å². The number of fused-ring (bicyclic) bond motifs is 1. The van der Waals surface area contributed by atoms with Crippen LogP contribution in [0.3, 0.4) is 0 Å². The Morgan fingerprint density at radius 3 is 2.53 bits per heavy atom. The van der Waals surface area contributed by atoms with E-state index in [4.69, 9.17) is 18.0 Å². The number of rotatable bonds is 4. The largest absolute Gasteiger partial charge is 0.393 e. The molecule has 100 valence electrons. The minimum atomic E-state index is -0.259. The lowest BCUT2D eigenvalue weighted by Gasteiger charge is -2.24. The number of carbonyl (C=O) groups excluding carboxylic acids is 2. The maximum Gasteiger partial charge on any atom is 0.261 e. The molecular weight excluding hydrogens is 260 g/mol. The van der Waals surface area contributed by atoms with E-state index in [2.05, 4.69) is 0 Å². The Balaban J connectivity index is 2.38. The molecule has 2 amide bonds. The molecule has 0 saturated heterocycles. The quantitative estimate of drug-likeness (QED) is 0.675. The fourth-order valence-corrected chi connectivity index (χ4v) is 2.55. The molecule has 2 rings (SSSR count). The van der Waals surface area contributed by atoms with Gasteiger partial charge in [-0.1, -0.05) is 30.8 Å². The van der Waals surface area contributed by atoms with Crippen LogP contribution in [0.2, 0.25) is 0 Å². The van der Waals surface area contributed by atoms with Crippen LogP contribution in [0.4, 0.5) is 0 Å². The maximum absolute atomic E-state index is 12.4. The molecule has 1 aromatic carbocycles. The third-order valence-corrected chi connectivity index (χ3v) is 3.51. The minimum Gasteiger partial charge on any atom is -0.393 e. The zero-order chi connectivity index (χ0) is 14.2. The van der Waals surface area contributed by atoms with E-state index >= 15 is 0 Å². The highest BCUT2D eigenvalue weighted by Crippen LogP contribution is 2.27. The molecule has 1 heterocycles. The monoisotopic (exact) mass is 276 g/mol. The standard InChI is InChI=1S/C14H16N2O2S/c1-3-9(7-12(15)19)16-13(17)10-5-4-8(2)6-11(10)14(16)18/h4-6,9H,3,7H2,1-2H3,(H2,15,19). The van der Waals surface area contributed by atoms with Crippen molar-refractivity contribution < 1.29 is 9.59 Å². The Bertz CT molecular complexity index is 569. The zero-order valence-corrected chi connectivity index (χ0v) is 11.8. The predicted molar refractivity (Wildman–Crippen MR) is 77.2 cm³/mol. The van der Waals surface area contributed by atoms with Crippen molar-refractivity contribution in [1.29, 1.82) is 0 Å². The van der Waals surface area contributed by atoms with Crippen LogP contribution in [-0.4, -0.2) is 27.7 Å². The molecule has 1 atom stereocenters. The fourth-order valence-electron chi connectivity index (χ4n) is 2.36. The van der Waals surface area contributed by atoms with E-state index in [1.54, 1.807) is 12.1 Å². The molecule has 0 bridgehead atoms. The summed E-state index contributed by atoms with van der Waals surface area (Å²) in [5, 5.41) is 0. The van der Waals surface area contributed by atoms with Gasteiger partial charge in [-0.25, -0.2) is 0 Å². The van der Waals surface area contributed by atoms with Crippen molar-refractivity contribution in [2.45, 2.75) is 32.7 Å². The number of benzene rings is 1. The van der Waals surface area contributed by atoms with Gasteiger partial charge in [-0.15, -0.1) is 0 Å². The summed E-state index contributed by atoms with van der Waals surface area (Å²) in [6.45, 7) is 3.81. The van der Waals surface area contributed by atoms with Gasteiger partial charge in [-0.3, -0.25) is 14.5 Å². The Hall–Kier alpha value is -1.75. The first-order chi connectivity index (χ1) is 8.95.